The summed E-state index contributed by atoms with van der Waals surface area (Å²) in [5.74, 6) is -1.03. The molecule has 0 unspecified atom stereocenters. The van der Waals surface area contributed by atoms with Crippen LogP contribution in [0.25, 0.3) is 6.08 Å². The van der Waals surface area contributed by atoms with Crippen molar-refractivity contribution in [1.82, 2.24) is 0 Å². The number of benzene rings is 3. The van der Waals surface area contributed by atoms with Crippen molar-refractivity contribution >= 4 is 23.4 Å². The first-order chi connectivity index (χ1) is 14.5. The third-order valence-electron chi connectivity index (χ3n) is 4.37. The number of nitro benzene ring substituents is 1. The Morgan fingerprint density at radius 3 is 2.47 bits per heavy atom. The van der Waals surface area contributed by atoms with E-state index in [1.165, 1.54) is 36.4 Å². The van der Waals surface area contributed by atoms with E-state index in [1.54, 1.807) is 42.5 Å². The number of hydrogen-bond donors (Lipinski definition) is 1. The van der Waals surface area contributed by atoms with Crippen molar-refractivity contribution in [3.8, 4) is 6.07 Å². The van der Waals surface area contributed by atoms with Crippen LogP contribution in [0.15, 0.2) is 78.4 Å². The molecule has 0 aliphatic rings. The second-order valence-corrected chi connectivity index (χ2v) is 6.40. The normalized spacial score (nSPS) is 10.9. The molecule has 3 rings (SSSR count). The summed E-state index contributed by atoms with van der Waals surface area (Å²) in [6.07, 6.45) is 1.72. The number of nitro groups is 1. The van der Waals surface area contributed by atoms with Gasteiger partial charge in [0.1, 0.15) is 17.5 Å². The molecule has 3 aromatic rings. The molecular weight excluding hydrogens is 385 g/mol. The Balaban J connectivity index is 1.87. The van der Waals surface area contributed by atoms with E-state index >= 15 is 0 Å². The molecule has 0 aliphatic carbocycles. The van der Waals surface area contributed by atoms with Crippen molar-refractivity contribution in [3.05, 3.63) is 111 Å². The van der Waals surface area contributed by atoms with Crippen LogP contribution in [0.5, 0.6) is 0 Å². The summed E-state index contributed by atoms with van der Waals surface area (Å²) in [5, 5.41) is 22.8. The van der Waals surface area contributed by atoms with Gasteiger partial charge < -0.3 is 5.32 Å². The Labute approximate surface area is 172 Å². The molecule has 0 radical (unpaired) electrons. The van der Waals surface area contributed by atoms with Crippen molar-refractivity contribution in [2.45, 2.75) is 6.42 Å². The van der Waals surface area contributed by atoms with E-state index in [4.69, 9.17) is 0 Å². The minimum Gasteiger partial charge on any atom is -0.321 e. The molecule has 0 atom stereocenters. The van der Waals surface area contributed by atoms with Crippen LogP contribution in [0.4, 0.5) is 15.8 Å². The fourth-order valence-electron chi connectivity index (χ4n) is 2.88. The van der Waals surface area contributed by atoms with Gasteiger partial charge in [0.05, 0.1) is 4.92 Å². The number of carbonyl (C=O) groups excluding carboxylic acids is 1. The van der Waals surface area contributed by atoms with E-state index in [2.05, 4.69) is 5.32 Å². The standard InChI is InChI=1S/C23H16FN3O3/c24-22-11-4-3-8-18(22)12-16-6-1-2-7-17(16)13-19(15-25)23(28)26-20-9-5-10-21(14-20)27(29)30/h1-11,13-14H,12H2,(H,26,28)/b19-13+. The highest BCUT2D eigenvalue weighted by Gasteiger charge is 2.13. The van der Waals surface area contributed by atoms with Gasteiger partial charge in [0.2, 0.25) is 0 Å². The first-order valence-corrected chi connectivity index (χ1v) is 8.97. The zero-order valence-corrected chi connectivity index (χ0v) is 15.7. The maximum Gasteiger partial charge on any atom is 0.271 e. The summed E-state index contributed by atoms with van der Waals surface area (Å²) < 4.78 is 14.0. The fourth-order valence-corrected chi connectivity index (χ4v) is 2.88. The van der Waals surface area contributed by atoms with E-state index in [0.29, 0.717) is 17.5 Å². The van der Waals surface area contributed by atoms with Gasteiger partial charge in [-0.25, -0.2) is 4.39 Å². The number of non-ortho nitro benzene ring substituents is 1. The SMILES string of the molecule is N#C/C(=C\c1ccccc1Cc1ccccc1F)C(=O)Nc1cccc([N+](=O)[O-])c1. The molecule has 30 heavy (non-hydrogen) atoms. The molecule has 0 aromatic heterocycles. The van der Waals surface area contributed by atoms with Gasteiger partial charge in [0, 0.05) is 24.2 Å². The highest BCUT2D eigenvalue weighted by molar-refractivity contribution is 6.09. The molecule has 0 aliphatic heterocycles. The number of nitriles is 1. The van der Waals surface area contributed by atoms with Crippen LogP contribution < -0.4 is 5.32 Å². The van der Waals surface area contributed by atoms with E-state index in [9.17, 15) is 24.6 Å². The van der Waals surface area contributed by atoms with Gasteiger partial charge in [-0.1, -0.05) is 48.5 Å². The Kier molecular flexibility index (Phi) is 6.30. The van der Waals surface area contributed by atoms with Crippen LogP contribution in [0.1, 0.15) is 16.7 Å². The molecule has 7 heteroatoms. The number of amides is 1. The Hall–Kier alpha value is -4.31. The summed E-state index contributed by atoms with van der Waals surface area (Å²) in [6, 6.07) is 20.8. The van der Waals surface area contributed by atoms with Crippen LogP contribution in [-0.2, 0) is 11.2 Å². The molecule has 148 valence electrons. The lowest BCUT2D eigenvalue weighted by molar-refractivity contribution is -0.384. The molecule has 0 saturated heterocycles. The quantitative estimate of drug-likeness (QED) is 0.276. The highest BCUT2D eigenvalue weighted by atomic mass is 19.1. The number of nitrogens with zero attached hydrogens (tertiary/aromatic N) is 2. The molecular formula is C23H16FN3O3. The van der Waals surface area contributed by atoms with Gasteiger partial charge in [0.15, 0.2) is 0 Å². The molecule has 0 spiro atoms. The van der Waals surface area contributed by atoms with Gasteiger partial charge in [-0.2, -0.15) is 5.26 Å². The van der Waals surface area contributed by atoms with Crippen molar-refractivity contribution in [2.75, 3.05) is 5.32 Å². The minimum atomic E-state index is -0.696. The van der Waals surface area contributed by atoms with E-state index in [-0.39, 0.29) is 22.8 Å². The molecule has 6 nitrogen and oxygen atoms in total. The highest BCUT2D eigenvalue weighted by Crippen LogP contribution is 2.21. The topological polar surface area (TPSA) is 96.0 Å². The third-order valence-corrected chi connectivity index (χ3v) is 4.37. The monoisotopic (exact) mass is 401 g/mol. The number of anilines is 1. The van der Waals surface area contributed by atoms with Crippen molar-refractivity contribution in [3.63, 3.8) is 0 Å². The lowest BCUT2D eigenvalue weighted by atomic mass is 9.98. The second kappa shape index (κ2) is 9.26. The summed E-state index contributed by atoms with van der Waals surface area (Å²) in [5.41, 5.74) is 1.70. The van der Waals surface area contributed by atoms with Gasteiger partial charge in [0.25, 0.3) is 11.6 Å². The number of halogens is 1. The Bertz CT molecular complexity index is 1180. The largest absolute Gasteiger partial charge is 0.321 e. The molecule has 0 fully saturated rings. The summed E-state index contributed by atoms with van der Waals surface area (Å²) in [7, 11) is 0. The molecule has 0 heterocycles. The summed E-state index contributed by atoms with van der Waals surface area (Å²) in [6.45, 7) is 0. The van der Waals surface area contributed by atoms with Crippen molar-refractivity contribution < 1.29 is 14.1 Å². The van der Waals surface area contributed by atoms with Crippen LogP contribution in [-0.4, -0.2) is 10.8 Å². The van der Waals surface area contributed by atoms with Gasteiger partial charge >= 0.3 is 0 Å². The number of nitrogens with one attached hydrogen (secondary N) is 1. The smallest absolute Gasteiger partial charge is 0.271 e. The Morgan fingerprint density at radius 2 is 1.77 bits per heavy atom. The van der Waals surface area contributed by atoms with E-state index in [0.717, 1.165) is 5.56 Å². The van der Waals surface area contributed by atoms with Gasteiger partial charge in [-0.05, 0) is 34.9 Å². The molecule has 0 bridgehead atoms. The van der Waals surface area contributed by atoms with Crippen LogP contribution in [0, 0.1) is 27.3 Å². The fraction of sp³-hybridized carbons (Fsp3) is 0.0435. The minimum absolute atomic E-state index is 0.175. The number of hydrogen-bond acceptors (Lipinski definition) is 4. The predicted octanol–water partition coefficient (Wildman–Crippen LogP) is 4.87. The van der Waals surface area contributed by atoms with Gasteiger partial charge in [-0.15, -0.1) is 0 Å². The Morgan fingerprint density at radius 1 is 1.07 bits per heavy atom. The summed E-state index contributed by atoms with van der Waals surface area (Å²) >= 11 is 0. The maximum atomic E-state index is 14.0. The lowest BCUT2D eigenvalue weighted by Crippen LogP contribution is -2.13. The lowest BCUT2D eigenvalue weighted by Gasteiger charge is -2.08. The first-order valence-electron chi connectivity index (χ1n) is 8.97. The van der Waals surface area contributed by atoms with Gasteiger partial charge in [-0.3, -0.25) is 14.9 Å². The molecule has 0 saturated carbocycles. The summed E-state index contributed by atoms with van der Waals surface area (Å²) in [4.78, 5) is 22.8. The average Bonchev–Trinajstić information content (AvgIpc) is 2.74. The van der Waals surface area contributed by atoms with E-state index in [1.807, 2.05) is 6.07 Å². The maximum absolute atomic E-state index is 14.0. The van der Waals surface area contributed by atoms with Crippen LogP contribution in [0.2, 0.25) is 0 Å². The first kappa shape index (κ1) is 20.4. The number of rotatable bonds is 6. The predicted molar refractivity (Wildman–Crippen MR) is 111 cm³/mol. The molecule has 1 N–H and O–H groups in total. The average molecular weight is 401 g/mol. The zero-order chi connectivity index (χ0) is 21.5. The van der Waals surface area contributed by atoms with Crippen LogP contribution in [0.3, 0.4) is 0 Å². The van der Waals surface area contributed by atoms with Crippen molar-refractivity contribution in [1.29, 1.82) is 5.26 Å². The van der Waals surface area contributed by atoms with E-state index < -0.39 is 10.8 Å². The van der Waals surface area contributed by atoms with Crippen LogP contribution >= 0.6 is 0 Å². The second-order valence-electron chi connectivity index (χ2n) is 6.40. The van der Waals surface area contributed by atoms with Crippen molar-refractivity contribution in [2.24, 2.45) is 0 Å². The zero-order valence-electron chi connectivity index (χ0n) is 15.7. The third kappa shape index (κ3) is 4.94. The number of carbonyl (C=O) groups is 1. The molecule has 3 aromatic carbocycles. The molecule has 1 amide bonds.